The van der Waals surface area contributed by atoms with Crippen molar-refractivity contribution in [2.45, 2.75) is 387 Å². The van der Waals surface area contributed by atoms with Crippen molar-refractivity contribution in [3.8, 4) is 0 Å². The molecule has 2 nitrogen and oxygen atoms in total. The molecule has 68 heavy (non-hydrogen) atoms. The Hall–Kier alpha value is -0.630. The standard InChI is InChI=1S/C66H132N2/c1-5-9-13-17-21-25-29-31-33-35-37-39-43-47-51-55-59-64-68(63-58-54-50-46-42-38-36-34-32-30-26-22-18-14-10-6-2)65-62-67(61-57-53-49-45-41-28-24-20-16-12-8-4)66(68)60-56-52-48-44-40-27-23-19-15-11-7-3/h62,65H,5-61,63-64H2,1-4H3/q+2. The Labute approximate surface area is 432 Å². The summed E-state index contributed by atoms with van der Waals surface area (Å²) in [5.74, 6) is 1.81. The van der Waals surface area contributed by atoms with Gasteiger partial charge in [-0.3, -0.25) is 0 Å². The Morgan fingerprint density at radius 2 is 0.456 bits per heavy atom. The van der Waals surface area contributed by atoms with Gasteiger partial charge in [-0.2, -0.15) is 4.58 Å². The van der Waals surface area contributed by atoms with Crippen molar-refractivity contribution < 1.29 is 9.06 Å². The molecule has 0 spiro atoms. The summed E-state index contributed by atoms with van der Waals surface area (Å²) in [6.45, 7) is 13.3. The number of nitrogens with zero attached hydrogens (tertiary/aromatic N) is 2. The fourth-order valence-electron chi connectivity index (χ4n) is 11.7. The highest BCUT2D eigenvalue weighted by Gasteiger charge is 2.42. The molecule has 0 fully saturated rings. The minimum atomic E-state index is 1.22. The minimum Gasteiger partial charge on any atom is -0.209 e. The molecule has 0 aromatic rings. The number of amidine groups is 1. The Balaban J connectivity index is 2.68. The summed E-state index contributed by atoms with van der Waals surface area (Å²) in [6.07, 6.45) is 86.5. The van der Waals surface area contributed by atoms with Gasteiger partial charge < -0.3 is 0 Å². The lowest BCUT2D eigenvalue weighted by Crippen LogP contribution is -2.50. The first-order chi connectivity index (χ1) is 33.7. The quantitative estimate of drug-likeness (QED) is 0.0325. The maximum Gasteiger partial charge on any atom is 0.348 e. The molecule has 0 aliphatic carbocycles. The van der Waals surface area contributed by atoms with Gasteiger partial charge in [0.15, 0.2) is 12.7 Å². The second kappa shape index (κ2) is 54.2. The number of quaternary nitrogens is 1. The molecule has 0 aromatic carbocycles. The van der Waals surface area contributed by atoms with Crippen LogP contribution in [-0.4, -0.2) is 34.5 Å². The van der Waals surface area contributed by atoms with E-state index in [0.29, 0.717) is 0 Å². The molecule has 1 aliphatic heterocycles. The lowest BCUT2D eigenvalue weighted by atomic mass is 10.0. The van der Waals surface area contributed by atoms with E-state index in [-0.39, 0.29) is 0 Å². The average Bonchev–Trinajstić information content (AvgIpc) is 3.69. The molecule has 1 aliphatic rings. The molecule has 404 valence electrons. The molecule has 0 saturated carbocycles. The fraction of sp³-hybridized carbons (Fsp3) is 0.955. The number of rotatable bonds is 59. The Morgan fingerprint density at radius 3 is 0.706 bits per heavy atom. The van der Waals surface area contributed by atoms with Crippen LogP contribution in [0.4, 0.5) is 0 Å². The number of hydrogen-bond donors (Lipinski definition) is 0. The molecule has 0 saturated heterocycles. The SMILES string of the molecule is CCCCCCCCCCCCCCCCCCC[N+]1(CCCCCCCCCCCCCCCCCC)C=C[N+](CCCCCCCCCCCCC)=C1CCCCCCCCCCCCC. The summed E-state index contributed by atoms with van der Waals surface area (Å²) >= 11 is 0. The van der Waals surface area contributed by atoms with Crippen LogP contribution in [0.1, 0.15) is 387 Å². The van der Waals surface area contributed by atoms with Crippen LogP contribution in [0.25, 0.3) is 0 Å². The van der Waals surface area contributed by atoms with Gasteiger partial charge in [-0.1, -0.05) is 336 Å². The molecular formula is C66H132N2+2. The lowest BCUT2D eigenvalue weighted by Gasteiger charge is -2.29. The zero-order chi connectivity index (χ0) is 48.8. The first-order valence-corrected chi connectivity index (χ1v) is 32.9. The van der Waals surface area contributed by atoms with Gasteiger partial charge in [0.25, 0.3) is 0 Å². The maximum absolute atomic E-state index is 2.82. The smallest absolute Gasteiger partial charge is 0.209 e. The second-order valence-corrected chi connectivity index (χ2v) is 23.2. The Kier molecular flexibility index (Phi) is 52.1. The van der Waals surface area contributed by atoms with E-state index in [4.69, 9.17) is 0 Å². The monoisotopic (exact) mass is 953 g/mol. The number of unbranched alkanes of at least 4 members (excludes halogenated alkanes) is 51. The first kappa shape index (κ1) is 65.4. The zero-order valence-electron chi connectivity index (χ0n) is 48.3. The normalized spacial score (nSPS) is 14.9. The topological polar surface area (TPSA) is 3.01 Å². The van der Waals surface area contributed by atoms with Gasteiger partial charge in [-0.05, 0) is 38.5 Å². The second-order valence-electron chi connectivity index (χ2n) is 23.2. The van der Waals surface area contributed by atoms with Crippen molar-refractivity contribution in [1.29, 1.82) is 0 Å². The minimum absolute atomic E-state index is 1.22. The zero-order valence-corrected chi connectivity index (χ0v) is 48.3. The molecule has 0 bridgehead atoms. The van der Waals surface area contributed by atoms with Gasteiger partial charge in [-0.15, -0.1) is 0 Å². The van der Waals surface area contributed by atoms with E-state index < -0.39 is 0 Å². The van der Waals surface area contributed by atoms with E-state index in [0.717, 1.165) is 0 Å². The predicted molar refractivity (Wildman–Crippen MR) is 311 cm³/mol. The van der Waals surface area contributed by atoms with Gasteiger partial charge in [0.05, 0.1) is 19.5 Å². The van der Waals surface area contributed by atoms with Crippen molar-refractivity contribution in [2.75, 3.05) is 19.6 Å². The molecule has 0 N–H and O–H groups in total. The largest absolute Gasteiger partial charge is 0.348 e. The van der Waals surface area contributed by atoms with Crippen LogP contribution in [0.5, 0.6) is 0 Å². The van der Waals surface area contributed by atoms with E-state index >= 15 is 0 Å². The van der Waals surface area contributed by atoms with Crippen molar-refractivity contribution in [1.82, 2.24) is 0 Å². The number of hydrogen-bond acceptors (Lipinski definition) is 0. The Morgan fingerprint density at radius 1 is 0.250 bits per heavy atom. The summed E-state index contributed by atoms with van der Waals surface area (Å²) in [5, 5.41) is 0. The van der Waals surface area contributed by atoms with Gasteiger partial charge in [0.2, 0.25) is 6.20 Å². The van der Waals surface area contributed by atoms with Gasteiger partial charge in [-0.25, -0.2) is 4.48 Å². The molecule has 0 aromatic heterocycles. The molecule has 1 heterocycles. The third kappa shape index (κ3) is 41.9. The molecular weight excluding hydrogens is 821 g/mol. The van der Waals surface area contributed by atoms with Crippen LogP contribution >= 0.6 is 0 Å². The third-order valence-electron chi connectivity index (χ3n) is 16.5. The van der Waals surface area contributed by atoms with E-state index in [9.17, 15) is 0 Å². The summed E-state index contributed by atoms with van der Waals surface area (Å²) in [5.41, 5.74) is 0. The van der Waals surface area contributed by atoms with E-state index in [1.807, 2.05) is 5.84 Å². The van der Waals surface area contributed by atoms with Crippen LogP contribution in [0, 0.1) is 0 Å². The summed E-state index contributed by atoms with van der Waals surface area (Å²) < 4.78 is 4.04. The third-order valence-corrected chi connectivity index (χ3v) is 16.5. The van der Waals surface area contributed by atoms with Crippen LogP contribution in [0.3, 0.4) is 0 Å². The van der Waals surface area contributed by atoms with Gasteiger partial charge in [0, 0.05) is 6.42 Å². The van der Waals surface area contributed by atoms with E-state index in [1.54, 1.807) is 0 Å². The molecule has 2 heteroatoms. The molecule has 1 rings (SSSR count). The molecule has 0 amide bonds. The first-order valence-electron chi connectivity index (χ1n) is 32.9. The summed E-state index contributed by atoms with van der Waals surface area (Å²) in [4.78, 5) is 0. The van der Waals surface area contributed by atoms with Crippen LogP contribution in [0.2, 0.25) is 0 Å². The summed E-state index contributed by atoms with van der Waals surface area (Å²) in [6, 6.07) is 0. The van der Waals surface area contributed by atoms with Crippen LogP contribution in [0.15, 0.2) is 12.4 Å². The molecule has 1 atom stereocenters. The van der Waals surface area contributed by atoms with Crippen molar-refractivity contribution in [3.63, 3.8) is 0 Å². The Bertz CT molecular complexity index is 1030. The highest BCUT2D eigenvalue weighted by molar-refractivity contribution is 5.72. The van der Waals surface area contributed by atoms with Crippen molar-refractivity contribution in [2.24, 2.45) is 0 Å². The van der Waals surface area contributed by atoms with Crippen LogP contribution in [-0.2, 0) is 0 Å². The van der Waals surface area contributed by atoms with Crippen LogP contribution < -0.4 is 0 Å². The average molecular weight is 954 g/mol. The van der Waals surface area contributed by atoms with Gasteiger partial charge >= 0.3 is 5.84 Å². The molecule has 1 unspecified atom stereocenters. The van der Waals surface area contributed by atoms with E-state index in [1.165, 1.54) is 384 Å². The summed E-state index contributed by atoms with van der Waals surface area (Å²) in [7, 11) is 0. The molecule has 0 radical (unpaired) electrons. The van der Waals surface area contributed by atoms with Crippen molar-refractivity contribution in [3.05, 3.63) is 12.4 Å². The van der Waals surface area contributed by atoms with E-state index in [2.05, 4.69) is 44.7 Å². The highest BCUT2D eigenvalue weighted by atomic mass is 15.4. The van der Waals surface area contributed by atoms with Gasteiger partial charge in [0.1, 0.15) is 0 Å². The lowest BCUT2D eigenvalue weighted by molar-refractivity contribution is -0.801. The fourth-order valence-corrected chi connectivity index (χ4v) is 11.7. The predicted octanol–water partition coefficient (Wildman–Crippen LogP) is 23.6. The highest BCUT2D eigenvalue weighted by Crippen LogP contribution is 2.27. The van der Waals surface area contributed by atoms with Crippen molar-refractivity contribution >= 4 is 5.84 Å². The maximum atomic E-state index is 2.82.